The third-order valence-electron chi connectivity index (χ3n) is 6.67. The molecule has 2 aliphatic rings. The average Bonchev–Trinajstić information content (AvgIpc) is 3.35. The summed E-state index contributed by atoms with van der Waals surface area (Å²) >= 11 is 1.66. The van der Waals surface area contributed by atoms with Crippen molar-refractivity contribution in [3.63, 3.8) is 0 Å². The molecular formula is C26H29N3O3S. The van der Waals surface area contributed by atoms with Gasteiger partial charge in [-0.3, -0.25) is 9.89 Å². The quantitative estimate of drug-likeness (QED) is 0.514. The number of para-hydroxylation sites is 2. The fourth-order valence-electron chi connectivity index (χ4n) is 4.98. The highest BCUT2D eigenvalue weighted by Gasteiger charge is 2.51. The maximum absolute atomic E-state index is 13.4. The zero-order valence-electron chi connectivity index (χ0n) is 18.8. The fourth-order valence-corrected chi connectivity index (χ4v) is 6.20. The molecule has 2 atom stereocenters. The molecule has 2 aromatic carbocycles. The Hall–Kier alpha value is -2.74. The van der Waals surface area contributed by atoms with Gasteiger partial charge in [-0.05, 0) is 43.7 Å². The molecule has 0 radical (unpaired) electrons. The molecule has 6 nitrogen and oxygen atoms in total. The van der Waals surface area contributed by atoms with E-state index in [4.69, 9.17) is 0 Å². The second-order valence-corrected chi connectivity index (χ2v) is 9.70. The van der Waals surface area contributed by atoms with Gasteiger partial charge in [0, 0.05) is 34.5 Å². The van der Waals surface area contributed by atoms with Crippen LogP contribution in [0.5, 0.6) is 0 Å². The summed E-state index contributed by atoms with van der Waals surface area (Å²) in [7, 11) is 0. The topological polar surface area (TPSA) is 81.5 Å². The Morgan fingerprint density at radius 1 is 1.03 bits per heavy atom. The number of aromatic amines is 1. The Morgan fingerprint density at radius 3 is 2.42 bits per heavy atom. The van der Waals surface area contributed by atoms with Crippen molar-refractivity contribution >= 4 is 17.4 Å². The van der Waals surface area contributed by atoms with Crippen LogP contribution in [0.4, 0.5) is 5.69 Å². The van der Waals surface area contributed by atoms with Crippen LogP contribution in [-0.4, -0.2) is 38.7 Å². The lowest BCUT2D eigenvalue weighted by Crippen LogP contribution is -2.54. The summed E-state index contributed by atoms with van der Waals surface area (Å²) in [5.74, 6) is -1.03. The van der Waals surface area contributed by atoms with Crippen molar-refractivity contribution in [1.82, 2.24) is 9.78 Å². The average molecular weight is 464 g/mol. The molecule has 1 fully saturated rings. The minimum Gasteiger partial charge on any atom is -0.392 e. The van der Waals surface area contributed by atoms with Crippen molar-refractivity contribution in [3.8, 4) is 5.69 Å². The molecule has 1 aliphatic carbocycles. The monoisotopic (exact) mass is 463 g/mol. The molecule has 7 heteroatoms. The number of aryl methyl sites for hydroxylation is 1. The van der Waals surface area contributed by atoms with E-state index in [2.05, 4.69) is 36.0 Å². The first kappa shape index (κ1) is 22.1. The van der Waals surface area contributed by atoms with Gasteiger partial charge in [-0.25, -0.2) is 4.68 Å². The van der Waals surface area contributed by atoms with Crippen LogP contribution in [0.3, 0.4) is 0 Å². The van der Waals surface area contributed by atoms with Gasteiger partial charge in [0.2, 0.25) is 0 Å². The second-order valence-electron chi connectivity index (χ2n) is 8.63. The van der Waals surface area contributed by atoms with Crippen LogP contribution < -0.4 is 10.5 Å². The summed E-state index contributed by atoms with van der Waals surface area (Å²) in [6.07, 6.45) is 1.87. The van der Waals surface area contributed by atoms with Crippen LogP contribution in [0.2, 0.25) is 0 Å². The van der Waals surface area contributed by atoms with Crippen molar-refractivity contribution in [3.05, 3.63) is 87.3 Å². The summed E-state index contributed by atoms with van der Waals surface area (Å²) in [6, 6.07) is 17.6. The van der Waals surface area contributed by atoms with Crippen LogP contribution >= 0.6 is 11.8 Å². The van der Waals surface area contributed by atoms with Gasteiger partial charge in [0.25, 0.3) is 5.56 Å². The minimum atomic E-state index is -0.821. The summed E-state index contributed by atoms with van der Waals surface area (Å²) in [6.45, 7) is 4.95. The van der Waals surface area contributed by atoms with E-state index in [1.54, 1.807) is 11.8 Å². The van der Waals surface area contributed by atoms with E-state index in [0.29, 0.717) is 12.0 Å². The highest BCUT2D eigenvalue weighted by Crippen LogP contribution is 2.49. The van der Waals surface area contributed by atoms with Crippen LogP contribution in [0, 0.1) is 5.92 Å². The molecule has 172 valence electrons. The number of fused-ring (bicyclic) bond motifs is 1. The van der Waals surface area contributed by atoms with E-state index < -0.39 is 24.0 Å². The molecule has 3 N–H and O–H groups in total. The highest BCUT2D eigenvalue weighted by atomic mass is 32.2. The van der Waals surface area contributed by atoms with Crippen molar-refractivity contribution in [1.29, 1.82) is 0 Å². The first-order valence-corrected chi connectivity index (χ1v) is 12.4. The summed E-state index contributed by atoms with van der Waals surface area (Å²) in [5, 5.41) is 26.5. The standard InChI is InChI=1S/C26H29N3O3S/c1-3-10-18-22(26(32)29(27-18)16-11-6-5-7-12-16)23-24(30)17(25(23)31)15-21-28(4-2)19-13-8-9-14-20(19)33-21/h5-9,11-15,17,23-25,27,30-31H,3-4,10H2,1-2H3. The first-order valence-electron chi connectivity index (χ1n) is 11.6. The zero-order valence-corrected chi connectivity index (χ0v) is 19.6. The minimum absolute atomic E-state index is 0.198. The highest BCUT2D eigenvalue weighted by molar-refractivity contribution is 8.03. The third kappa shape index (κ3) is 3.64. The van der Waals surface area contributed by atoms with Crippen molar-refractivity contribution in [2.24, 2.45) is 5.92 Å². The van der Waals surface area contributed by atoms with Gasteiger partial charge in [-0.2, -0.15) is 0 Å². The van der Waals surface area contributed by atoms with E-state index in [0.717, 1.165) is 35.1 Å². The molecule has 0 spiro atoms. The Balaban J connectivity index is 1.46. The van der Waals surface area contributed by atoms with Gasteiger partial charge in [0.05, 0.1) is 28.6 Å². The second kappa shape index (κ2) is 8.89. The Kier molecular flexibility index (Phi) is 5.95. The van der Waals surface area contributed by atoms with Gasteiger partial charge in [-0.15, -0.1) is 0 Å². The van der Waals surface area contributed by atoms with Crippen molar-refractivity contribution < 1.29 is 10.2 Å². The smallest absolute Gasteiger partial charge is 0.275 e. The van der Waals surface area contributed by atoms with Gasteiger partial charge < -0.3 is 15.1 Å². The van der Waals surface area contributed by atoms with Gasteiger partial charge in [0.15, 0.2) is 0 Å². The number of hydrogen-bond donors (Lipinski definition) is 3. The molecule has 0 bridgehead atoms. The molecule has 1 aromatic heterocycles. The zero-order chi connectivity index (χ0) is 23.1. The molecular weight excluding hydrogens is 434 g/mol. The van der Waals surface area contributed by atoms with Crippen LogP contribution in [0.15, 0.2) is 75.4 Å². The maximum Gasteiger partial charge on any atom is 0.275 e. The molecule has 1 aliphatic heterocycles. The molecule has 5 rings (SSSR count). The van der Waals surface area contributed by atoms with Crippen LogP contribution in [0.25, 0.3) is 5.69 Å². The number of nitrogens with zero attached hydrogens (tertiary/aromatic N) is 2. The number of aliphatic hydroxyl groups excluding tert-OH is 2. The first-order chi connectivity index (χ1) is 16.0. The molecule has 0 saturated heterocycles. The number of aromatic nitrogens is 2. The van der Waals surface area contributed by atoms with Gasteiger partial charge in [0.1, 0.15) is 0 Å². The molecule has 1 saturated carbocycles. The number of anilines is 1. The number of hydrogen-bond acceptors (Lipinski definition) is 5. The lowest BCUT2D eigenvalue weighted by atomic mass is 9.65. The number of benzene rings is 2. The Morgan fingerprint density at radius 2 is 1.73 bits per heavy atom. The SMILES string of the molecule is CCCc1[nH]n(-c2ccccc2)c(=O)c1C1C(O)C(C=C2Sc3ccccc3N2CC)C1O. The number of nitrogens with one attached hydrogen (secondary N) is 1. The molecule has 0 amide bonds. The largest absolute Gasteiger partial charge is 0.392 e. The Labute approximate surface area is 197 Å². The van der Waals surface area contributed by atoms with E-state index in [9.17, 15) is 15.0 Å². The van der Waals surface area contributed by atoms with Crippen LogP contribution in [-0.2, 0) is 6.42 Å². The predicted octanol–water partition coefficient (Wildman–Crippen LogP) is 4.03. The molecule has 2 heterocycles. The summed E-state index contributed by atoms with van der Waals surface area (Å²) < 4.78 is 1.52. The number of rotatable bonds is 6. The van der Waals surface area contributed by atoms with Crippen molar-refractivity contribution in [2.45, 2.75) is 49.7 Å². The number of H-pyrrole nitrogens is 1. The lowest BCUT2D eigenvalue weighted by Gasteiger charge is -2.45. The molecule has 33 heavy (non-hydrogen) atoms. The molecule has 3 aromatic rings. The number of thioether (sulfide) groups is 1. The maximum atomic E-state index is 13.4. The van der Waals surface area contributed by atoms with Gasteiger partial charge >= 0.3 is 0 Å². The normalized spacial score (nSPS) is 25.3. The molecule has 2 unspecified atom stereocenters. The van der Waals surface area contributed by atoms with E-state index in [1.165, 1.54) is 9.58 Å². The predicted molar refractivity (Wildman–Crippen MR) is 132 cm³/mol. The fraction of sp³-hybridized carbons (Fsp3) is 0.346. The number of aliphatic hydroxyl groups is 2. The Bertz CT molecular complexity index is 1220. The van der Waals surface area contributed by atoms with E-state index >= 15 is 0 Å². The summed E-state index contributed by atoms with van der Waals surface area (Å²) in [4.78, 5) is 16.7. The van der Waals surface area contributed by atoms with Gasteiger partial charge in [-0.1, -0.05) is 55.4 Å². The van der Waals surface area contributed by atoms with E-state index in [-0.39, 0.29) is 5.56 Å². The van der Waals surface area contributed by atoms with Crippen molar-refractivity contribution in [2.75, 3.05) is 11.4 Å². The van der Waals surface area contributed by atoms with E-state index in [1.807, 2.05) is 48.5 Å². The summed E-state index contributed by atoms with van der Waals surface area (Å²) in [5.41, 5.74) is 2.99. The van der Waals surface area contributed by atoms with Crippen LogP contribution in [0.1, 0.15) is 37.4 Å². The third-order valence-corrected chi connectivity index (χ3v) is 7.80. The lowest BCUT2D eigenvalue weighted by molar-refractivity contribution is -0.0950.